The van der Waals surface area contributed by atoms with E-state index in [1.807, 2.05) is 13.1 Å². The van der Waals surface area contributed by atoms with E-state index in [-0.39, 0.29) is 6.10 Å². The molecule has 1 unspecified atom stereocenters. The third-order valence-electron chi connectivity index (χ3n) is 3.39. The third-order valence-corrected chi connectivity index (χ3v) is 3.58. The molecule has 0 amide bonds. The van der Waals surface area contributed by atoms with Crippen molar-refractivity contribution in [2.75, 3.05) is 25.7 Å². The Kier molecular flexibility index (Phi) is 4.19. The van der Waals surface area contributed by atoms with Gasteiger partial charge in [-0.15, -0.1) is 11.6 Å². The Morgan fingerprint density at radius 1 is 1.45 bits per heavy atom. The van der Waals surface area contributed by atoms with Gasteiger partial charge in [-0.05, 0) is 18.6 Å². The lowest BCUT2D eigenvalue weighted by atomic mass is 10.3. The predicted molar refractivity (Wildman–Crippen MR) is 77.2 cm³/mol. The highest BCUT2D eigenvalue weighted by molar-refractivity contribution is 6.17. The largest absolute Gasteiger partial charge is 0.376 e. The smallest absolute Gasteiger partial charge is 0.160 e. The molecule has 0 aliphatic carbocycles. The highest BCUT2D eigenvalue weighted by Crippen LogP contribution is 2.18. The van der Waals surface area contributed by atoms with E-state index in [0.717, 1.165) is 29.0 Å². The molecule has 1 saturated heterocycles. The van der Waals surface area contributed by atoms with Crippen molar-refractivity contribution in [3.63, 3.8) is 0 Å². The van der Waals surface area contributed by atoms with Gasteiger partial charge >= 0.3 is 0 Å². The van der Waals surface area contributed by atoms with Gasteiger partial charge in [-0.25, -0.2) is 9.97 Å². The summed E-state index contributed by atoms with van der Waals surface area (Å²) < 4.78 is 13.3. The van der Waals surface area contributed by atoms with Gasteiger partial charge in [-0.2, -0.15) is 0 Å². The summed E-state index contributed by atoms with van der Waals surface area (Å²) in [7, 11) is 0. The van der Waals surface area contributed by atoms with Gasteiger partial charge in [-0.3, -0.25) is 0 Å². The Morgan fingerprint density at radius 3 is 3.10 bits per heavy atom. The molecule has 0 saturated carbocycles. The van der Waals surface area contributed by atoms with E-state index in [2.05, 4.69) is 20.6 Å². The SMILES string of the molecule is Cc1cnc2c(c1)nc(CCCl)n2CC1COCCO1. The van der Waals surface area contributed by atoms with E-state index in [9.17, 15) is 0 Å². The minimum absolute atomic E-state index is 0.0540. The van der Waals surface area contributed by atoms with Gasteiger partial charge in [0.1, 0.15) is 11.3 Å². The van der Waals surface area contributed by atoms with Crippen molar-refractivity contribution >= 4 is 22.8 Å². The predicted octanol–water partition coefficient (Wildman–Crippen LogP) is 1.94. The van der Waals surface area contributed by atoms with E-state index in [1.54, 1.807) is 0 Å². The number of hydrogen-bond acceptors (Lipinski definition) is 4. The molecular weight excluding hydrogens is 278 g/mol. The van der Waals surface area contributed by atoms with E-state index >= 15 is 0 Å². The Balaban J connectivity index is 1.95. The van der Waals surface area contributed by atoms with E-state index in [1.165, 1.54) is 0 Å². The van der Waals surface area contributed by atoms with Crippen molar-refractivity contribution in [3.05, 3.63) is 23.7 Å². The summed E-state index contributed by atoms with van der Waals surface area (Å²) in [4.78, 5) is 9.16. The van der Waals surface area contributed by atoms with Crippen molar-refractivity contribution in [2.45, 2.75) is 26.0 Å². The first-order valence-electron chi connectivity index (χ1n) is 6.85. The van der Waals surface area contributed by atoms with Crippen LogP contribution in [0.4, 0.5) is 0 Å². The summed E-state index contributed by atoms with van der Waals surface area (Å²) in [5, 5.41) is 0. The monoisotopic (exact) mass is 295 g/mol. The normalized spacial score (nSPS) is 19.6. The maximum absolute atomic E-state index is 5.88. The number of alkyl halides is 1. The van der Waals surface area contributed by atoms with E-state index < -0.39 is 0 Å². The average molecular weight is 296 g/mol. The van der Waals surface area contributed by atoms with Crippen LogP contribution in [0.15, 0.2) is 12.3 Å². The van der Waals surface area contributed by atoms with Crippen molar-refractivity contribution in [3.8, 4) is 0 Å². The number of aromatic nitrogens is 3. The molecule has 108 valence electrons. The number of halogens is 1. The molecule has 0 spiro atoms. The lowest BCUT2D eigenvalue weighted by molar-refractivity contribution is -0.0934. The molecule has 0 bridgehead atoms. The standard InChI is InChI=1S/C14H18ClN3O2/c1-10-6-12-14(16-7-10)18(13(17-12)2-3-15)8-11-9-19-4-5-20-11/h6-7,11H,2-5,8-9H2,1H3. The average Bonchev–Trinajstić information content (AvgIpc) is 2.77. The molecule has 5 nitrogen and oxygen atoms in total. The van der Waals surface area contributed by atoms with Crippen molar-refractivity contribution < 1.29 is 9.47 Å². The van der Waals surface area contributed by atoms with Gasteiger partial charge < -0.3 is 14.0 Å². The summed E-state index contributed by atoms with van der Waals surface area (Å²) >= 11 is 5.88. The molecule has 1 aliphatic rings. The van der Waals surface area contributed by atoms with Crippen LogP contribution in [0, 0.1) is 6.92 Å². The van der Waals surface area contributed by atoms with E-state index in [0.29, 0.717) is 32.2 Å². The van der Waals surface area contributed by atoms with Crippen molar-refractivity contribution in [2.24, 2.45) is 0 Å². The molecule has 2 aromatic rings. The molecule has 2 aromatic heterocycles. The number of nitrogens with zero attached hydrogens (tertiary/aromatic N) is 3. The van der Waals surface area contributed by atoms with Crippen LogP contribution >= 0.6 is 11.6 Å². The number of aryl methyl sites for hydroxylation is 2. The van der Waals surface area contributed by atoms with Gasteiger partial charge in [0, 0.05) is 18.5 Å². The number of rotatable bonds is 4. The maximum Gasteiger partial charge on any atom is 0.160 e. The van der Waals surface area contributed by atoms with Crippen molar-refractivity contribution in [1.29, 1.82) is 0 Å². The first-order chi connectivity index (χ1) is 9.78. The quantitative estimate of drug-likeness (QED) is 0.809. The number of hydrogen-bond donors (Lipinski definition) is 0. The summed E-state index contributed by atoms with van der Waals surface area (Å²) in [6.07, 6.45) is 2.65. The van der Waals surface area contributed by atoms with Crippen molar-refractivity contribution in [1.82, 2.24) is 14.5 Å². The highest BCUT2D eigenvalue weighted by atomic mass is 35.5. The summed E-state index contributed by atoms with van der Waals surface area (Å²) in [5.41, 5.74) is 2.92. The van der Waals surface area contributed by atoms with Gasteiger partial charge in [0.25, 0.3) is 0 Å². The van der Waals surface area contributed by atoms with Gasteiger partial charge in [-0.1, -0.05) is 0 Å². The van der Waals surface area contributed by atoms with Crippen LogP contribution in [0.5, 0.6) is 0 Å². The van der Waals surface area contributed by atoms with Crippen LogP contribution in [-0.2, 0) is 22.4 Å². The first kappa shape index (κ1) is 13.8. The molecule has 1 fully saturated rings. The third kappa shape index (κ3) is 2.80. The van der Waals surface area contributed by atoms with Gasteiger partial charge in [0.2, 0.25) is 0 Å². The molecule has 0 N–H and O–H groups in total. The Labute approximate surface area is 122 Å². The minimum atomic E-state index is 0.0540. The van der Waals surface area contributed by atoms with Crippen LogP contribution in [-0.4, -0.2) is 46.3 Å². The van der Waals surface area contributed by atoms with Crippen LogP contribution in [0.3, 0.4) is 0 Å². The fourth-order valence-corrected chi connectivity index (χ4v) is 2.64. The van der Waals surface area contributed by atoms with Crippen LogP contribution in [0.25, 0.3) is 11.2 Å². The van der Waals surface area contributed by atoms with Gasteiger partial charge in [0.05, 0.1) is 32.5 Å². The Morgan fingerprint density at radius 2 is 2.35 bits per heavy atom. The number of pyridine rings is 1. The molecule has 1 atom stereocenters. The van der Waals surface area contributed by atoms with Crippen LogP contribution < -0.4 is 0 Å². The minimum Gasteiger partial charge on any atom is -0.376 e. The second-order valence-electron chi connectivity index (χ2n) is 5.00. The fourth-order valence-electron chi connectivity index (χ4n) is 2.47. The molecule has 20 heavy (non-hydrogen) atoms. The molecule has 3 heterocycles. The number of fused-ring (bicyclic) bond motifs is 1. The Bertz CT molecular complexity index is 593. The lowest BCUT2D eigenvalue weighted by Crippen LogP contribution is -2.32. The molecule has 1 aliphatic heterocycles. The topological polar surface area (TPSA) is 49.2 Å². The molecule has 0 aromatic carbocycles. The number of ether oxygens (including phenoxy) is 2. The van der Waals surface area contributed by atoms with Gasteiger partial charge in [0.15, 0.2) is 5.65 Å². The Hall–Kier alpha value is -1.17. The summed E-state index contributed by atoms with van der Waals surface area (Å²) in [6.45, 7) is 4.66. The molecule has 3 rings (SSSR count). The van der Waals surface area contributed by atoms with Crippen LogP contribution in [0.2, 0.25) is 0 Å². The second kappa shape index (κ2) is 6.08. The fraction of sp³-hybridized carbons (Fsp3) is 0.571. The zero-order valence-electron chi connectivity index (χ0n) is 11.5. The molecule has 6 heteroatoms. The molecular formula is C14H18ClN3O2. The first-order valence-corrected chi connectivity index (χ1v) is 7.38. The molecule has 0 radical (unpaired) electrons. The van der Waals surface area contributed by atoms with E-state index in [4.69, 9.17) is 21.1 Å². The summed E-state index contributed by atoms with van der Waals surface area (Å²) in [5.74, 6) is 1.51. The zero-order chi connectivity index (χ0) is 13.9. The zero-order valence-corrected chi connectivity index (χ0v) is 12.3. The van der Waals surface area contributed by atoms with Crippen LogP contribution in [0.1, 0.15) is 11.4 Å². The second-order valence-corrected chi connectivity index (χ2v) is 5.38. The number of imidazole rings is 1. The lowest BCUT2D eigenvalue weighted by Gasteiger charge is -2.24. The highest BCUT2D eigenvalue weighted by Gasteiger charge is 2.19. The maximum atomic E-state index is 5.88. The summed E-state index contributed by atoms with van der Waals surface area (Å²) in [6, 6.07) is 2.05.